The highest BCUT2D eigenvalue weighted by Gasteiger charge is 2.38. The number of rotatable bonds is 10. The number of esters is 1. The molecule has 8 heteroatoms. The number of benzene rings is 1. The van der Waals surface area contributed by atoms with Gasteiger partial charge in [-0.3, -0.25) is 4.79 Å². The van der Waals surface area contributed by atoms with Crippen LogP contribution in [0.4, 0.5) is 5.69 Å². The van der Waals surface area contributed by atoms with Crippen molar-refractivity contribution in [2.24, 2.45) is 11.8 Å². The van der Waals surface area contributed by atoms with E-state index >= 15 is 0 Å². The first-order valence-electron chi connectivity index (χ1n) is 12.5. The van der Waals surface area contributed by atoms with Crippen molar-refractivity contribution in [2.45, 2.75) is 64.3 Å². The second-order valence-electron chi connectivity index (χ2n) is 9.17. The minimum absolute atomic E-state index is 0. The van der Waals surface area contributed by atoms with Crippen LogP contribution in [0.2, 0.25) is 0 Å². The first-order chi connectivity index (χ1) is 16.2. The van der Waals surface area contributed by atoms with Crippen LogP contribution in [0.5, 0.6) is 0 Å². The molecule has 4 rings (SSSR count). The van der Waals surface area contributed by atoms with Crippen molar-refractivity contribution in [1.82, 2.24) is 5.32 Å². The van der Waals surface area contributed by atoms with Gasteiger partial charge < -0.3 is 24.5 Å². The average molecular weight is 493 g/mol. The maximum atomic E-state index is 13.0. The van der Waals surface area contributed by atoms with Gasteiger partial charge in [-0.1, -0.05) is 32.1 Å². The summed E-state index contributed by atoms with van der Waals surface area (Å²) in [5.41, 5.74) is 1.30. The highest BCUT2D eigenvalue weighted by molar-refractivity contribution is 5.98. The van der Waals surface area contributed by atoms with Crippen molar-refractivity contribution in [1.29, 1.82) is 0 Å². The smallest absolute Gasteiger partial charge is 0.374 e. The van der Waals surface area contributed by atoms with Crippen LogP contribution >= 0.6 is 12.4 Å². The molecule has 1 saturated heterocycles. The third-order valence-electron chi connectivity index (χ3n) is 6.91. The lowest BCUT2D eigenvalue weighted by Gasteiger charge is -2.30. The number of ether oxygens (including phenoxy) is 2. The molecule has 0 bridgehead atoms. The monoisotopic (exact) mass is 492 g/mol. The molecule has 34 heavy (non-hydrogen) atoms. The largest absolute Gasteiger partial charge is 0.460 e. The Hall–Kier alpha value is -2.09. The molecule has 2 N–H and O–H groups in total. The molecule has 2 aromatic rings. The molecule has 2 aliphatic rings. The fourth-order valence-electron chi connectivity index (χ4n) is 5.21. The maximum absolute atomic E-state index is 13.0. The minimum atomic E-state index is -0.473. The number of carbonyl (C=O) groups excluding carboxylic acids is 2. The quantitative estimate of drug-likeness (QED) is 0.344. The number of hydrogen-bond donors (Lipinski definition) is 2. The van der Waals surface area contributed by atoms with Gasteiger partial charge in [-0.15, -0.1) is 12.4 Å². The predicted molar refractivity (Wildman–Crippen MR) is 135 cm³/mol. The van der Waals surface area contributed by atoms with E-state index in [1.54, 1.807) is 12.1 Å². The van der Waals surface area contributed by atoms with Crippen LogP contribution < -0.4 is 10.6 Å². The summed E-state index contributed by atoms with van der Waals surface area (Å²) in [6.45, 7) is 4.56. The van der Waals surface area contributed by atoms with E-state index < -0.39 is 5.97 Å². The topological polar surface area (TPSA) is 89.8 Å². The molecule has 7 nitrogen and oxygen atoms in total. The van der Waals surface area contributed by atoms with Crippen molar-refractivity contribution in [3.8, 4) is 0 Å². The van der Waals surface area contributed by atoms with E-state index in [2.05, 4.69) is 10.6 Å². The SMILES string of the molecule is CCOCCCCOC(=O)c1cc2cc(NC(=O)[C@H]3NCC[C@H]3C3CCCCC3)ccc2o1.Cl. The first kappa shape index (κ1) is 26.5. The molecule has 1 aromatic carbocycles. The Morgan fingerprint density at radius 3 is 2.68 bits per heavy atom. The molecular weight excluding hydrogens is 456 g/mol. The fourth-order valence-corrected chi connectivity index (χ4v) is 5.21. The van der Waals surface area contributed by atoms with Gasteiger partial charge in [0.2, 0.25) is 11.7 Å². The normalized spacial score (nSPS) is 20.7. The van der Waals surface area contributed by atoms with Gasteiger partial charge in [0.25, 0.3) is 0 Å². The number of unbranched alkanes of at least 4 members (excludes halogenated alkanes) is 1. The molecule has 1 aromatic heterocycles. The van der Waals surface area contributed by atoms with Gasteiger partial charge in [-0.2, -0.15) is 0 Å². The summed E-state index contributed by atoms with van der Waals surface area (Å²) in [6.07, 6.45) is 9.03. The van der Waals surface area contributed by atoms with E-state index in [0.717, 1.165) is 31.2 Å². The Kier molecular flexibility index (Phi) is 10.2. The van der Waals surface area contributed by atoms with E-state index in [1.807, 2.05) is 19.1 Å². The summed E-state index contributed by atoms with van der Waals surface area (Å²) in [4.78, 5) is 25.4. The van der Waals surface area contributed by atoms with Crippen LogP contribution in [0, 0.1) is 11.8 Å². The van der Waals surface area contributed by atoms with E-state index in [0.29, 0.717) is 42.9 Å². The van der Waals surface area contributed by atoms with Crippen LogP contribution in [0.25, 0.3) is 11.0 Å². The summed E-state index contributed by atoms with van der Waals surface area (Å²) in [7, 11) is 0. The third kappa shape index (κ3) is 6.74. The third-order valence-corrected chi connectivity index (χ3v) is 6.91. The lowest BCUT2D eigenvalue weighted by molar-refractivity contribution is -0.119. The molecule has 1 saturated carbocycles. The van der Waals surface area contributed by atoms with Crippen LogP contribution in [-0.4, -0.2) is 44.3 Å². The molecule has 1 aliphatic heterocycles. The Labute approximate surface area is 207 Å². The number of carbonyl (C=O) groups is 2. The zero-order valence-electron chi connectivity index (χ0n) is 20.0. The van der Waals surface area contributed by atoms with Crippen molar-refractivity contribution in [2.75, 3.05) is 31.7 Å². The van der Waals surface area contributed by atoms with Crippen LogP contribution in [0.15, 0.2) is 28.7 Å². The van der Waals surface area contributed by atoms with Gasteiger partial charge in [-0.25, -0.2) is 4.79 Å². The van der Waals surface area contributed by atoms with Crippen molar-refractivity contribution in [3.05, 3.63) is 30.0 Å². The summed E-state index contributed by atoms with van der Waals surface area (Å²) in [6, 6.07) is 6.98. The summed E-state index contributed by atoms with van der Waals surface area (Å²) in [5, 5.41) is 7.25. The van der Waals surface area contributed by atoms with E-state index in [-0.39, 0.29) is 30.1 Å². The fraction of sp³-hybridized carbons (Fsp3) is 0.615. The number of hydrogen-bond acceptors (Lipinski definition) is 6. The molecule has 2 heterocycles. The first-order valence-corrected chi connectivity index (χ1v) is 12.5. The maximum Gasteiger partial charge on any atom is 0.374 e. The number of furan rings is 1. The second kappa shape index (κ2) is 13.1. The zero-order valence-corrected chi connectivity index (χ0v) is 20.8. The van der Waals surface area contributed by atoms with E-state index in [1.165, 1.54) is 32.1 Å². The lowest BCUT2D eigenvalue weighted by atomic mass is 9.76. The Morgan fingerprint density at radius 1 is 1.09 bits per heavy atom. The summed E-state index contributed by atoms with van der Waals surface area (Å²) < 4.78 is 16.2. The highest BCUT2D eigenvalue weighted by atomic mass is 35.5. The molecule has 2 fully saturated rings. The van der Waals surface area contributed by atoms with Crippen molar-refractivity contribution >= 4 is 40.9 Å². The van der Waals surface area contributed by atoms with E-state index in [9.17, 15) is 9.59 Å². The number of nitrogens with one attached hydrogen (secondary N) is 2. The highest BCUT2D eigenvalue weighted by Crippen LogP contribution is 2.36. The van der Waals surface area contributed by atoms with Crippen LogP contribution in [0.3, 0.4) is 0 Å². The number of amides is 1. The average Bonchev–Trinajstić information content (AvgIpc) is 3.49. The minimum Gasteiger partial charge on any atom is -0.460 e. The Balaban J connectivity index is 0.00000324. The van der Waals surface area contributed by atoms with Gasteiger partial charge in [0.1, 0.15) is 5.58 Å². The molecule has 2 atom stereocenters. The Morgan fingerprint density at radius 2 is 1.88 bits per heavy atom. The summed E-state index contributed by atoms with van der Waals surface area (Å²) >= 11 is 0. The van der Waals surface area contributed by atoms with Gasteiger partial charge in [-0.05, 0) is 68.8 Å². The van der Waals surface area contributed by atoms with Gasteiger partial charge >= 0.3 is 5.97 Å². The molecule has 0 spiro atoms. The van der Waals surface area contributed by atoms with Crippen molar-refractivity contribution < 1.29 is 23.5 Å². The second-order valence-corrected chi connectivity index (χ2v) is 9.17. The standard InChI is InChI=1S/C26H36N2O5.ClH/c1-2-31-14-6-7-15-32-26(30)23-17-19-16-20(10-11-22(19)33-23)28-25(29)24-21(12-13-27-24)18-8-4-3-5-9-18;/h10-11,16-18,21,24,27H,2-9,12-15H2,1H3,(H,28,29);1H/t21-,24-;/m0./s1. The number of fused-ring (bicyclic) bond motifs is 1. The molecule has 1 aliphatic carbocycles. The van der Waals surface area contributed by atoms with Gasteiger partial charge in [0, 0.05) is 24.3 Å². The molecule has 1 amide bonds. The molecule has 188 valence electrons. The molecular formula is C26H37ClN2O5. The van der Waals surface area contributed by atoms with Gasteiger partial charge in [0.15, 0.2) is 0 Å². The predicted octanol–water partition coefficient (Wildman–Crippen LogP) is 5.33. The van der Waals surface area contributed by atoms with Crippen LogP contribution in [0.1, 0.15) is 68.8 Å². The molecule has 0 radical (unpaired) electrons. The van der Waals surface area contributed by atoms with Crippen LogP contribution in [-0.2, 0) is 14.3 Å². The Bertz CT molecular complexity index is 940. The van der Waals surface area contributed by atoms with E-state index in [4.69, 9.17) is 13.9 Å². The number of anilines is 1. The lowest BCUT2D eigenvalue weighted by Crippen LogP contribution is -2.42. The zero-order chi connectivity index (χ0) is 23.0. The number of halogens is 1. The summed E-state index contributed by atoms with van der Waals surface area (Å²) in [5.74, 6) is 0.788. The van der Waals surface area contributed by atoms with Gasteiger partial charge in [0.05, 0.1) is 12.6 Å². The molecule has 0 unspecified atom stereocenters. The van der Waals surface area contributed by atoms with Crippen molar-refractivity contribution in [3.63, 3.8) is 0 Å².